The van der Waals surface area contributed by atoms with E-state index < -0.39 is 0 Å². The smallest absolute Gasteiger partial charge is 0.115 e. The number of phenols is 1. The average molecular weight is 275 g/mol. The number of hydrogen-bond donors (Lipinski definition) is 1. The van der Waals surface area contributed by atoms with Gasteiger partial charge in [-0.15, -0.1) is 0 Å². The zero-order chi connectivity index (χ0) is 13.9. The van der Waals surface area contributed by atoms with E-state index >= 15 is 0 Å². The van der Waals surface area contributed by atoms with Gasteiger partial charge in [-0.2, -0.15) is 0 Å². The molecule has 2 atom stereocenters. The minimum absolute atomic E-state index is 0.403. The van der Waals surface area contributed by atoms with Crippen molar-refractivity contribution in [3.8, 4) is 5.75 Å². The summed E-state index contributed by atoms with van der Waals surface area (Å²) in [6.45, 7) is 3.23. The van der Waals surface area contributed by atoms with Crippen molar-refractivity contribution in [2.75, 3.05) is 26.8 Å². The van der Waals surface area contributed by atoms with E-state index in [0.717, 1.165) is 19.6 Å². The van der Waals surface area contributed by atoms with Crippen molar-refractivity contribution in [2.45, 2.75) is 38.1 Å². The molecule has 2 unspecified atom stereocenters. The van der Waals surface area contributed by atoms with Crippen molar-refractivity contribution in [3.05, 3.63) is 29.3 Å². The number of fused-ring (bicyclic) bond motifs is 1. The molecule has 1 aromatic carbocycles. The highest BCUT2D eigenvalue weighted by atomic mass is 16.5. The van der Waals surface area contributed by atoms with Gasteiger partial charge in [-0.1, -0.05) is 6.07 Å². The second kappa shape index (κ2) is 6.15. The molecule has 1 N–H and O–H groups in total. The van der Waals surface area contributed by atoms with Crippen LogP contribution >= 0.6 is 0 Å². The Bertz CT molecular complexity index is 458. The molecule has 0 radical (unpaired) electrons. The molecule has 0 saturated carbocycles. The number of rotatable bonds is 3. The number of ether oxygens (including phenoxy) is 1. The molecule has 20 heavy (non-hydrogen) atoms. The summed E-state index contributed by atoms with van der Waals surface area (Å²) < 4.78 is 5.34. The van der Waals surface area contributed by atoms with Gasteiger partial charge in [0.15, 0.2) is 0 Å². The number of likely N-dealkylation sites (tertiary alicyclic amines) is 1. The van der Waals surface area contributed by atoms with Crippen molar-refractivity contribution in [3.63, 3.8) is 0 Å². The molecule has 1 heterocycles. The Balaban J connectivity index is 1.78. The molecule has 3 rings (SSSR count). The van der Waals surface area contributed by atoms with Crippen molar-refractivity contribution in [2.24, 2.45) is 5.92 Å². The van der Waals surface area contributed by atoms with Gasteiger partial charge in [0.1, 0.15) is 5.75 Å². The Kier molecular flexibility index (Phi) is 4.27. The Morgan fingerprint density at radius 2 is 2.20 bits per heavy atom. The van der Waals surface area contributed by atoms with Gasteiger partial charge >= 0.3 is 0 Å². The fraction of sp³-hybridized carbons (Fsp3) is 0.647. The lowest BCUT2D eigenvalue weighted by atomic mass is 9.85. The molecule has 2 aliphatic rings. The standard InChI is InChI=1S/C17H25NO2/c1-20-12-13-4-3-9-18(11-13)17-6-2-5-14-10-15(19)7-8-16(14)17/h7-8,10,13,17,19H,2-6,9,11-12H2,1H3. The summed E-state index contributed by atoms with van der Waals surface area (Å²) in [6, 6.07) is 6.47. The van der Waals surface area contributed by atoms with Crippen LogP contribution in [0.15, 0.2) is 18.2 Å². The molecule has 0 amide bonds. The molecule has 3 heteroatoms. The number of methoxy groups -OCH3 is 1. The van der Waals surface area contributed by atoms with Gasteiger partial charge in [-0.25, -0.2) is 0 Å². The van der Waals surface area contributed by atoms with E-state index in [4.69, 9.17) is 4.74 Å². The van der Waals surface area contributed by atoms with Gasteiger partial charge in [0.05, 0.1) is 6.61 Å². The summed E-state index contributed by atoms with van der Waals surface area (Å²) in [5.41, 5.74) is 2.78. The predicted molar refractivity (Wildman–Crippen MR) is 80.0 cm³/mol. The van der Waals surface area contributed by atoms with Crippen LogP contribution in [0.3, 0.4) is 0 Å². The number of aryl methyl sites for hydroxylation is 1. The van der Waals surface area contributed by atoms with Crippen LogP contribution in [0.4, 0.5) is 0 Å². The topological polar surface area (TPSA) is 32.7 Å². The lowest BCUT2D eigenvalue weighted by molar-refractivity contribution is 0.0628. The van der Waals surface area contributed by atoms with Crippen LogP contribution in [-0.2, 0) is 11.2 Å². The zero-order valence-electron chi connectivity index (χ0n) is 12.3. The van der Waals surface area contributed by atoms with Gasteiger partial charge in [-0.3, -0.25) is 4.90 Å². The van der Waals surface area contributed by atoms with Crippen LogP contribution in [0.2, 0.25) is 0 Å². The Hall–Kier alpha value is -1.06. The van der Waals surface area contributed by atoms with Gasteiger partial charge in [0.2, 0.25) is 0 Å². The van der Waals surface area contributed by atoms with Gasteiger partial charge in [-0.05, 0) is 67.8 Å². The van der Waals surface area contributed by atoms with Crippen LogP contribution in [0.25, 0.3) is 0 Å². The first-order valence-electron chi connectivity index (χ1n) is 7.82. The first kappa shape index (κ1) is 13.9. The highest BCUT2D eigenvalue weighted by Crippen LogP contribution is 2.37. The fourth-order valence-electron chi connectivity index (χ4n) is 3.91. The van der Waals surface area contributed by atoms with Crippen LogP contribution in [-0.4, -0.2) is 36.8 Å². The molecule has 1 aliphatic heterocycles. The summed E-state index contributed by atoms with van der Waals surface area (Å²) in [7, 11) is 1.80. The second-order valence-electron chi connectivity index (χ2n) is 6.25. The monoisotopic (exact) mass is 275 g/mol. The third-order valence-corrected chi connectivity index (χ3v) is 4.80. The van der Waals surface area contributed by atoms with E-state index in [1.165, 1.54) is 43.4 Å². The molecule has 1 aliphatic carbocycles. The molecule has 1 aromatic rings. The fourth-order valence-corrected chi connectivity index (χ4v) is 3.91. The van der Waals surface area contributed by atoms with Crippen molar-refractivity contribution in [1.82, 2.24) is 4.90 Å². The van der Waals surface area contributed by atoms with E-state index in [0.29, 0.717) is 17.7 Å². The summed E-state index contributed by atoms with van der Waals surface area (Å²) >= 11 is 0. The van der Waals surface area contributed by atoms with Crippen LogP contribution < -0.4 is 0 Å². The first-order chi connectivity index (χ1) is 9.78. The van der Waals surface area contributed by atoms with E-state index in [2.05, 4.69) is 11.0 Å². The lowest BCUT2D eigenvalue weighted by Crippen LogP contribution is -2.40. The molecular weight excluding hydrogens is 250 g/mol. The number of aromatic hydroxyl groups is 1. The molecule has 110 valence electrons. The van der Waals surface area contributed by atoms with E-state index in [1.54, 1.807) is 7.11 Å². The molecule has 0 bridgehead atoms. The number of nitrogens with zero attached hydrogens (tertiary/aromatic N) is 1. The average Bonchev–Trinajstić information content (AvgIpc) is 2.47. The zero-order valence-corrected chi connectivity index (χ0v) is 12.3. The number of phenolic OH excluding ortho intramolecular Hbond substituents is 1. The van der Waals surface area contributed by atoms with Gasteiger partial charge < -0.3 is 9.84 Å². The Morgan fingerprint density at radius 1 is 1.30 bits per heavy atom. The Labute approximate surface area is 121 Å². The maximum absolute atomic E-state index is 9.67. The third kappa shape index (κ3) is 2.84. The molecule has 3 nitrogen and oxygen atoms in total. The van der Waals surface area contributed by atoms with Gasteiger partial charge in [0, 0.05) is 19.7 Å². The summed E-state index contributed by atoms with van der Waals surface area (Å²) in [5.74, 6) is 1.08. The molecule has 0 aromatic heterocycles. The summed E-state index contributed by atoms with van der Waals surface area (Å²) in [4.78, 5) is 2.64. The summed E-state index contributed by atoms with van der Waals surface area (Å²) in [5, 5.41) is 9.67. The minimum atomic E-state index is 0.403. The van der Waals surface area contributed by atoms with Crippen molar-refractivity contribution >= 4 is 0 Å². The highest BCUT2D eigenvalue weighted by Gasteiger charge is 2.29. The van der Waals surface area contributed by atoms with Crippen molar-refractivity contribution in [1.29, 1.82) is 0 Å². The minimum Gasteiger partial charge on any atom is -0.508 e. The lowest BCUT2D eigenvalue weighted by Gasteiger charge is -2.40. The van der Waals surface area contributed by atoms with Crippen LogP contribution in [0, 0.1) is 5.92 Å². The van der Waals surface area contributed by atoms with E-state index in [1.807, 2.05) is 12.1 Å². The maximum atomic E-state index is 9.67. The van der Waals surface area contributed by atoms with Crippen LogP contribution in [0.5, 0.6) is 5.75 Å². The second-order valence-corrected chi connectivity index (χ2v) is 6.25. The summed E-state index contributed by atoms with van der Waals surface area (Å²) in [6.07, 6.45) is 6.15. The first-order valence-corrected chi connectivity index (χ1v) is 7.82. The number of hydrogen-bond acceptors (Lipinski definition) is 3. The number of benzene rings is 1. The quantitative estimate of drug-likeness (QED) is 0.920. The highest BCUT2D eigenvalue weighted by molar-refractivity contribution is 5.38. The van der Waals surface area contributed by atoms with Crippen LogP contribution in [0.1, 0.15) is 42.9 Å². The van der Waals surface area contributed by atoms with Crippen molar-refractivity contribution < 1.29 is 9.84 Å². The van der Waals surface area contributed by atoms with E-state index in [9.17, 15) is 5.11 Å². The van der Waals surface area contributed by atoms with Gasteiger partial charge in [0.25, 0.3) is 0 Å². The SMILES string of the molecule is COCC1CCCN(C2CCCc3cc(O)ccc32)C1. The Morgan fingerprint density at radius 3 is 3.05 bits per heavy atom. The molecule has 1 saturated heterocycles. The third-order valence-electron chi connectivity index (χ3n) is 4.80. The van der Waals surface area contributed by atoms with E-state index in [-0.39, 0.29) is 0 Å². The largest absolute Gasteiger partial charge is 0.508 e. The normalized spacial score (nSPS) is 27.2. The molecular formula is C17H25NO2. The number of piperidine rings is 1. The predicted octanol–water partition coefficient (Wildman–Crippen LogP) is 3.13. The molecule has 1 fully saturated rings. The molecule has 0 spiro atoms. The maximum Gasteiger partial charge on any atom is 0.115 e.